The van der Waals surface area contributed by atoms with Gasteiger partial charge in [-0.05, 0) is 79.4 Å². The average molecular weight is 303 g/mol. The van der Waals surface area contributed by atoms with Gasteiger partial charge in [0.05, 0.1) is 3.79 Å². The first-order chi connectivity index (χ1) is 7.84. The maximum atomic E-state index is 3.58. The van der Waals surface area contributed by atoms with Crippen molar-refractivity contribution in [2.24, 2.45) is 5.92 Å². The minimum Gasteiger partial charge on any atom is -0.317 e. The first kappa shape index (κ1) is 12.6. The third-order valence-corrected chi connectivity index (χ3v) is 4.75. The molecular weight excluding hydrogens is 284 g/mol. The molecule has 0 spiro atoms. The molecule has 0 unspecified atom stereocenters. The zero-order valence-corrected chi connectivity index (χ0v) is 11.9. The lowest BCUT2D eigenvalue weighted by atomic mass is 9.98. The van der Waals surface area contributed by atoms with E-state index in [0.29, 0.717) is 0 Å². The number of rotatable bonds is 5. The van der Waals surface area contributed by atoms with Crippen molar-refractivity contribution >= 4 is 27.3 Å². The molecule has 0 bridgehead atoms. The molecule has 0 aromatic carbocycles. The first-order valence-electron chi connectivity index (χ1n) is 6.00. The Morgan fingerprint density at radius 1 is 1.38 bits per heavy atom. The number of hydrogen-bond donors (Lipinski definition) is 2. The molecule has 16 heavy (non-hydrogen) atoms. The van der Waals surface area contributed by atoms with Gasteiger partial charge in [0.25, 0.3) is 0 Å². The Kier molecular flexibility index (Phi) is 5.29. The maximum Gasteiger partial charge on any atom is 0.0701 e. The molecule has 90 valence electrons. The number of hydrogen-bond acceptors (Lipinski definition) is 3. The number of nitrogens with one attached hydrogen (secondary N) is 2. The van der Waals surface area contributed by atoms with Crippen LogP contribution in [0.3, 0.4) is 0 Å². The second-order valence-electron chi connectivity index (χ2n) is 4.35. The summed E-state index contributed by atoms with van der Waals surface area (Å²) in [7, 11) is 0. The first-order valence-corrected chi connectivity index (χ1v) is 7.61. The predicted octanol–water partition coefficient (Wildman–Crippen LogP) is 2.64. The Hall–Kier alpha value is 0.1000. The van der Waals surface area contributed by atoms with E-state index in [1.54, 1.807) is 0 Å². The van der Waals surface area contributed by atoms with Crippen molar-refractivity contribution in [3.05, 3.63) is 20.8 Å². The fourth-order valence-electron chi connectivity index (χ4n) is 2.09. The molecular formula is C12H19BrN2S. The molecule has 1 aromatic heterocycles. The van der Waals surface area contributed by atoms with E-state index in [-0.39, 0.29) is 0 Å². The predicted molar refractivity (Wildman–Crippen MR) is 74.2 cm³/mol. The number of halogens is 1. The highest BCUT2D eigenvalue weighted by molar-refractivity contribution is 9.11. The van der Waals surface area contributed by atoms with Crippen molar-refractivity contribution < 1.29 is 0 Å². The zero-order chi connectivity index (χ0) is 11.2. The highest BCUT2D eigenvalue weighted by atomic mass is 79.9. The summed E-state index contributed by atoms with van der Waals surface area (Å²) in [5.74, 6) is 0.885. The van der Waals surface area contributed by atoms with E-state index < -0.39 is 0 Å². The molecule has 0 atom stereocenters. The van der Waals surface area contributed by atoms with E-state index in [0.717, 1.165) is 18.9 Å². The van der Waals surface area contributed by atoms with Gasteiger partial charge < -0.3 is 10.6 Å². The van der Waals surface area contributed by atoms with E-state index in [1.165, 1.54) is 41.1 Å². The SMILES string of the molecule is Brc1ccc(CCNCC2CCNCC2)s1. The summed E-state index contributed by atoms with van der Waals surface area (Å²) < 4.78 is 1.24. The summed E-state index contributed by atoms with van der Waals surface area (Å²) in [6, 6.07) is 4.34. The second kappa shape index (κ2) is 6.74. The van der Waals surface area contributed by atoms with E-state index in [9.17, 15) is 0 Å². The van der Waals surface area contributed by atoms with Gasteiger partial charge in [-0.15, -0.1) is 11.3 Å². The van der Waals surface area contributed by atoms with Crippen LogP contribution in [0.15, 0.2) is 15.9 Å². The Bertz CT molecular complexity index is 308. The quantitative estimate of drug-likeness (QED) is 0.817. The molecule has 2 heterocycles. The van der Waals surface area contributed by atoms with Gasteiger partial charge in [-0.2, -0.15) is 0 Å². The highest BCUT2D eigenvalue weighted by Gasteiger charge is 2.11. The van der Waals surface area contributed by atoms with Gasteiger partial charge >= 0.3 is 0 Å². The van der Waals surface area contributed by atoms with Gasteiger partial charge in [0.2, 0.25) is 0 Å². The lowest BCUT2D eigenvalue weighted by Crippen LogP contribution is -2.34. The lowest BCUT2D eigenvalue weighted by molar-refractivity contribution is 0.358. The fourth-order valence-corrected chi connectivity index (χ4v) is 3.57. The molecule has 0 radical (unpaired) electrons. The van der Waals surface area contributed by atoms with Crippen molar-refractivity contribution in [2.75, 3.05) is 26.2 Å². The van der Waals surface area contributed by atoms with Gasteiger partial charge in [0.1, 0.15) is 0 Å². The summed E-state index contributed by atoms with van der Waals surface area (Å²) in [5, 5.41) is 6.98. The smallest absolute Gasteiger partial charge is 0.0701 e. The van der Waals surface area contributed by atoms with Crippen LogP contribution in [0.4, 0.5) is 0 Å². The molecule has 2 N–H and O–H groups in total. The molecule has 0 saturated carbocycles. The Morgan fingerprint density at radius 3 is 2.88 bits per heavy atom. The molecule has 1 saturated heterocycles. The summed E-state index contributed by atoms with van der Waals surface area (Å²) in [6.07, 6.45) is 3.82. The minimum absolute atomic E-state index is 0.885. The zero-order valence-electron chi connectivity index (χ0n) is 9.47. The molecule has 0 aliphatic carbocycles. The number of piperidine rings is 1. The molecule has 1 aliphatic rings. The summed E-state index contributed by atoms with van der Waals surface area (Å²) in [6.45, 7) is 4.69. The van der Waals surface area contributed by atoms with Crippen LogP contribution in [0, 0.1) is 5.92 Å². The highest BCUT2D eigenvalue weighted by Crippen LogP contribution is 2.22. The fraction of sp³-hybridized carbons (Fsp3) is 0.667. The normalized spacial score (nSPS) is 17.8. The van der Waals surface area contributed by atoms with Crippen LogP contribution in [0.25, 0.3) is 0 Å². The van der Waals surface area contributed by atoms with Crippen LogP contribution in [0.1, 0.15) is 17.7 Å². The molecule has 0 amide bonds. The van der Waals surface area contributed by atoms with Gasteiger partial charge in [0, 0.05) is 4.88 Å². The Balaban J connectivity index is 1.57. The molecule has 1 aromatic rings. The van der Waals surface area contributed by atoms with Crippen LogP contribution >= 0.6 is 27.3 Å². The van der Waals surface area contributed by atoms with Crippen LogP contribution in [0.2, 0.25) is 0 Å². The van der Waals surface area contributed by atoms with Crippen molar-refractivity contribution in [1.29, 1.82) is 0 Å². The standard InChI is InChI=1S/C12H19BrN2S/c13-12-2-1-11(16-12)5-8-15-9-10-3-6-14-7-4-10/h1-2,10,14-15H,3-9H2. The largest absolute Gasteiger partial charge is 0.317 e. The summed E-state index contributed by atoms with van der Waals surface area (Å²) in [5.41, 5.74) is 0. The molecule has 1 aliphatic heterocycles. The van der Waals surface area contributed by atoms with Gasteiger partial charge in [0.15, 0.2) is 0 Å². The monoisotopic (exact) mass is 302 g/mol. The van der Waals surface area contributed by atoms with Crippen molar-refractivity contribution in [2.45, 2.75) is 19.3 Å². The second-order valence-corrected chi connectivity index (χ2v) is 6.90. The molecule has 2 rings (SSSR count). The molecule has 4 heteroatoms. The van der Waals surface area contributed by atoms with Gasteiger partial charge in [-0.25, -0.2) is 0 Å². The van der Waals surface area contributed by atoms with Gasteiger partial charge in [-0.1, -0.05) is 0 Å². The molecule has 1 fully saturated rings. The van der Waals surface area contributed by atoms with Crippen molar-refractivity contribution in [3.63, 3.8) is 0 Å². The minimum atomic E-state index is 0.885. The summed E-state index contributed by atoms with van der Waals surface area (Å²) >= 11 is 5.34. The topological polar surface area (TPSA) is 24.1 Å². The Morgan fingerprint density at radius 2 is 2.19 bits per heavy atom. The van der Waals surface area contributed by atoms with Crippen LogP contribution in [0.5, 0.6) is 0 Å². The van der Waals surface area contributed by atoms with E-state index in [4.69, 9.17) is 0 Å². The van der Waals surface area contributed by atoms with Gasteiger partial charge in [-0.3, -0.25) is 0 Å². The van der Waals surface area contributed by atoms with Crippen molar-refractivity contribution in [1.82, 2.24) is 10.6 Å². The lowest BCUT2D eigenvalue weighted by Gasteiger charge is -2.22. The van der Waals surface area contributed by atoms with E-state index in [1.807, 2.05) is 11.3 Å². The van der Waals surface area contributed by atoms with Crippen LogP contribution < -0.4 is 10.6 Å². The van der Waals surface area contributed by atoms with E-state index in [2.05, 4.69) is 38.7 Å². The van der Waals surface area contributed by atoms with Crippen LogP contribution in [-0.4, -0.2) is 26.2 Å². The van der Waals surface area contributed by atoms with Crippen molar-refractivity contribution in [3.8, 4) is 0 Å². The van der Waals surface area contributed by atoms with E-state index >= 15 is 0 Å². The third kappa shape index (κ3) is 4.17. The Labute approximate surface area is 110 Å². The maximum absolute atomic E-state index is 3.58. The number of thiophene rings is 1. The third-order valence-electron chi connectivity index (χ3n) is 3.07. The van der Waals surface area contributed by atoms with Crippen LogP contribution in [-0.2, 0) is 6.42 Å². The molecule has 2 nitrogen and oxygen atoms in total. The summed E-state index contributed by atoms with van der Waals surface area (Å²) in [4.78, 5) is 1.46. The average Bonchev–Trinajstić information content (AvgIpc) is 2.72.